The SMILES string of the molecule is CCN1CCN(CCN=C(N)Nc2ccc3c(c2)OCCCO3)CC1.I. The van der Waals surface area contributed by atoms with Gasteiger partial charge in [0.1, 0.15) is 0 Å². The van der Waals surface area contributed by atoms with E-state index in [0.29, 0.717) is 25.7 Å². The first-order valence-corrected chi connectivity index (χ1v) is 9.16. The number of piperazine rings is 1. The Labute approximate surface area is 172 Å². The third-order valence-corrected chi connectivity index (χ3v) is 4.63. The molecule has 8 heteroatoms. The number of hydrogen-bond acceptors (Lipinski definition) is 5. The van der Waals surface area contributed by atoms with Gasteiger partial charge < -0.3 is 25.4 Å². The van der Waals surface area contributed by atoms with Crippen molar-refractivity contribution in [1.82, 2.24) is 9.80 Å². The molecular formula is C18H30IN5O2. The highest BCUT2D eigenvalue weighted by Gasteiger charge is 2.14. The van der Waals surface area contributed by atoms with Crippen LogP contribution in [0.3, 0.4) is 0 Å². The molecule has 0 atom stereocenters. The summed E-state index contributed by atoms with van der Waals surface area (Å²) in [6.07, 6.45) is 0.896. The quantitative estimate of drug-likeness (QED) is 0.385. The third kappa shape index (κ3) is 6.17. The molecule has 0 aliphatic carbocycles. The number of aliphatic imine (C=N–C) groups is 1. The lowest BCUT2D eigenvalue weighted by Crippen LogP contribution is -2.46. The van der Waals surface area contributed by atoms with Gasteiger partial charge in [-0.25, -0.2) is 0 Å². The second kappa shape index (κ2) is 10.8. The molecule has 1 aromatic carbocycles. The van der Waals surface area contributed by atoms with Gasteiger partial charge in [0.15, 0.2) is 17.5 Å². The first kappa shape index (κ1) is 21.0. The molecule has 3 N–H and O–H groups in total. The molecule has 146 valence electrons. The van der Waals surface area contributed by atoms with E-state index in [4.69, 9.17) is 15.2 Å². The zero-order valence-corrected chi connectivity index (χ0v) is 17.8. The second-order valence-corrected chi connectivity index (χ2v) is 6.38. The fourth-order valence-electron chi connectivity index (χ4n) is 3.07. The lowest BCUT2D eigenvalue weighted by Gasteiger charge is -2.33. The van der Waals surface area contributed by atoms with E-state index in [0.717, 1.165) is 62.9 Å². The summed E-state index contributed by atoms with van der Waals surface area (Å²) in [5.74, 6) is 1.97. The standard InChI is InChI=1S/C18H29N5O2.HI/c1-2-22-8-10-23(11-9-22)7-6-20-18(19)21-15-4-5-16-17(14-15)25-13-3-12-24-16;/h4-5,14H,2-3,6-13H2,1H3,(H3,19,20,21);1H. The zero-order valence-electron chi connectivity index (χ0n) is 15.4. The van der Waals surface area contributed by atoms with Gasteiger partial charge in [-0.15, -0.1) is 24.0 Å². The number of hydrogen-bond donors (Lipinski definition) is 2. The third-order valence-electron chi connectivity index (χ3n) is 4.63. The number of benzene rings is 1. The number of anilines is 1. The number of fused-ring (bicyclic) bond motifs is 1. The normalized spacial score (nSPS) is 18.7. The van der Waals surface area contributed by atoms with Crippen LogP contribution in [0, 0.1) is 0 Å². The monoisotopic (exact) mass is 475 g/mol. The second-order valence-electron chi connectivity index (χ2n) is 6.38. The number of rotatable bonds is 5. The van der Waals surface area contributed by atoms with E-state index in [9.17, 15) is 0 Å². The Morgan fingerprint density at radius 1 is 1.12 bits per heavy atom. The lowest BCUT2D eigenvalue weighted by molar-refractivity contribution is 0.140. The number of guanidine groups is 1. The number of halogens is 1. The Morgan fingerprint density at radius 3 is 2.54 bits per heavy atom. The Morgan fingerprint density at radius 2 is 1.81 bits per heavy atom. The summed E-state index contributed by atoms with van der Waals surface area (Å²) in [6.45, 7) is 10.9. The van der Waals surface area contributed by atoms with Crippen molar-refractivity contribution >= 4 is 35.6 Å². The molecule has 2 aliphatic heterocycles. The van der Waals surface area contributed by atoms with Crippen molar-refractivity contribution in [2.75, 3.05) is 64.3 Å². The van der Waals surface area contributed by atoms with Crippen LogP contribution >= 0.6 is 24.0 Å². The number of ether oxygens (including phenoxy) is 2. The summed E-state index contributed by atoms with van der Waals surface area (Å²) >= 11 is 0. The summed E-state index contributed by atoms with van der Waals surface area (Å²) in [5.41, 5.74) is 6.87. The topological polar surface area (TPSA) is 75.4 Å². The van der Waals surface area contributed by atoms with Gasteiger partial charge in [-0.2, -0.15) is 0 Å². The minimum Gasteiger partial charge on any atom is -0.490 e. The minimum absolute atomic E-state index is 0. The smallest absolute Gasteiger partial charge is 0.193 e. The Bertz CT molecular complexity index is 591. The van der Waals surface area contributed by atoms with Crippen LogP contribution in [0.15, 0.2) is 23.2 Å². The first-order valence-electron chi connectivity index (χ1n) is 9.16. The van der Waals surface area contributed by atoms with Crippen molar-refractivity contribution in [3.05, 3.63) is 18.2 Å². The molecule has 0 amide bonds. The van der Waals surface area contributed by atoms with Crippen molar-refractivity contribution in [3.8, 4) is 11.5 Å². The predicted octanol–water partition coefficient (Wildman–Crippen LogP) is 1.83. The molecule has 26 heavy (non-hydrogen) atoms. The average molecular weight is 475 g/mol. The maximum atomic E-state index is 6.01. The Balaban J connectivity index is 0.00000243. The van der Waals surface area contributed by atoms with Gasteiger partial charge in [0.25, 0.3) is 0 Å². The highest BCUT2D eigenvalue weighted by atomic mass is 127. The predicted molar refractivity (Wildman–Crippen MR) is 116 cm³/mol. The van der Waals surface area contributed by atoms with E-state index in [1.807, 2.05) is 18.2 Å². The van der Waals surface area contributed by atoms with E-state index >= 15 is 0 Å². The lowest BCUT2D eigenvalue weighted by atomic mass is 10.3. The fourth-order valence-corrected chi connectivity index (χ4v) is 3.07. The van der Waals surface area contributed by atoms with Crippen molar-refractivity contribution in [2.45, 2.75) is 13.3 Å². The molecule has 7 nitrogen and oxygen atoms in total. The maximum absolute atomic E-state index is 6.01. The molecule has 0 radical (unpaired) electrons. The van der Waals surface area contributed by atoms with Crippen LogP contribution in [-0.2, 0) is 0 Å². The molecular weight excluding hydrogens is 445 g/mol. The van der Waals surface area contributed by atoms with Crippen LogP contribution in [0.1, 0.15) is 13.3 Å². The summed E-state index contributed by atoms with van der Waals surface area (Å²) in [6, 6.07) is 5.75. The van der Waals surface area contributed by atoms with E-state index in [1.54, 1.807) is 0 Å². The van der Waals surface area contributed by atoms with Crippen molar-refractivity contribution < 1.29 is 9.47 Å². The van der Waals surface area contributed by atoms with Gasteiger partial charge in [0, 0.05) is 50.9 Å². The van der Waals surface area contributed by atoms with E-state index in [-0.39, 0.29) is 24.0 Å². The largest absolute Gasteiger partial charge is 0.490 e. The maximum Gasteiger partial charge on any atom is 0.193 e. The molecule has 1 saturated heterocycles. The molecule has 0 saturated carbocycles. The zero-order chi connectivity index (χ0) is 17.5. The molecule has 1 fully saturated rings. The van der Waals surface area contributed by atoms with Crippen molar-refractivity contribution in [1.29, 1.82) is 0 Å². The molecule has 2 aliphatic rings. The minimum atomic E-state index is 0. The average Bonchev–Trinajstić information content (AvgIpc) is 2.87. The van der Waals surface area contributed by atoms with Crippen LogP contribution < -0.4 is 20.5 Å². The first-order chi connectivity index (χ1) is 12.2. The van der Waals surface area contributed by atoms with Gasteiger partial charge in [0.05, 0.1) is 19.8 Å². The van der Waals surface area contributed by atoms with Crippen LogP contribution in [0.4, 0.5) is 5.69 Å². The number of nitrogens with one attached hydrogen (secondary N) is 1. The molecule has 2 heterocycles. The summed E-state index contributed by atoms with van der Waals surface area (Å²) < 4.78 is 11.3. The van der Waals surface area contributed by atoms with E-state index in [1.165, 1.54) is 0 Å². The van der Waals surface area contributed by atoms with E-state index < -0.39 is 0 Å². The highest BCUT2D eigenvalue weighted by Crippen LogP contribution is 2.32. The van der Waals surface area contributed by atoms with E-state index in [2.05, 4.69) is 27.0 Å². The van der Waals surface area contributed by atoms with Gasteiger partial charge >= 0.3 is 0 Å². The fraction of sp³-hybridized carbons (Fsp3) is 0.611. The number of nitrogens with two attached hydrogens (primary N) is 1. The Kier molecular flexibility index (Phi) is 8.73. The molecule has 0 unspecified atom stereocenters. The Hall–Kier alpha value is -1.26. The van der Waals surface area contributed by atoms with Crippen molar-refractivity contribution in [3.63, 3.8) is 0 Å². The van der Waals surface area contributed by atoms with Crippen LogP contribution in [0.2, 0.25) is 0 Å². The molecule has 0 spiro atoms. The van der Waals surface area contributed by atoms with Gasteiger partial charge in [-0.3, -0.25) is 9.89 Å². The van der Waals surface area contributed by atoms with Crippen LogP contribution in [0.5, 0.6) is 11.5 Å². The van der Waals surface area contributed by atoms with Gasteiger partial charge in [-0.1, -0.05) is 6.92 Å². The summed E-state index contributed by atoms with van der Waals surface area (Å²) in [4.78, 5) is 9.35. The van der Waals surface area contributed by atoms with Crippen molar-refractivity contribution in [2.24, 2.45) is 10.7 Å². The summed E-state index contributed by atoms with van der Waals surface area (Å²) in [5, 5.41) is 3.13. The molecule has 1 aromatic rings. The summed E-state index contributed by atoms with van der Waals surface area (Å²) in [7, 11) is 0. The van der Waals surface area contributed by atoms with Gasteiger partial charge in [0.2, 0.25) is 0 Å². The van der Waals surface area contributed by atoms with Crippen LogP contribution in [0.25, 0.3) is 0 Å². The molecule has 0 aromatic heterocycles. The highest BCUT2D eigenvalue weighted by molar-refractivity contribution is 14.0. The van der Waals surface area contributed by atoms with Crippen LogP contribution in [-0.4, -0.2) is 74.8 Å². The molecule has 3 rings (SSSR count). The van der Waals surface area contributed by atoms with Gasteiger partial charge in [-0.05, 0) is 18.7 Å². The number of nitrogens with zero attached hydrogens (tertiary/aromatic N) is 3. The number of likely N-dealkylation sites (N-methyl/N-ethyl adjacent to an activating group) is 1. The molecule has 0 bridgehead atoms.